The average molecular weight is 447 g/mol. The standard InChI is InChI=1S/C21H19ClN2O3S2/c22-17-4-2-1-3-15(17)13-18-20(27)24(21(28)29-18)12-10-19(26)23-11-9-14-5-7-16(25)8-6-14/h1-8,13,25H,9-12H2,(H,23,26). The Balaban J connectivity index is 1.49. The summed E-state index contributed by atoms with van der Waals surface area (Å²) in [7, 11) is 0. The number of thioether (sulfide) groups is 1. The Hall–Kier alpha value is -2.35. The van der Waals surface area contributed by atoms with Crippen LogP contribution in [-0.4, -0.2) is 39.2 Å². The molecule has 0 spiro atoms. The van der Waals surface area contributed by atoms with E-state index in [0.29, 0.717) is 27.2 Å². The summed E-state index contributed by atoms with van der Waals surface area (Å²) < 4.78 is 0.435. The van der Waals surface area contributed by atoms with Gasteiger partial charge in [-0.15, -0.1) is 0 Å². The Kier molecular flexibility index (Phi) is 7.30. The van der Waals surface area contributed by atoms with Crippen LogP contribution in [0.25, 0.3) is 6.08 Å². The second kappa shape index (κ2) is 9.91. The number of thiocarbonyl (C=S) groups is 1. The van der Waals surface area contributed by atoms with Crippen molar-refractivity contribution < 1.29 is 14.7 Å². The minimum absolute atomic E-state index is 0.145. The molecule has 0 aromatic heterocycles. The Morgan fingerprint density at radius 2 is 1.93 bits per heavy atom. The molecule has 0 radical (unpaired) electrons. The van der Waals surface area contributed by atoms with Crippen LogP contribution < -0.4 is 5.32 Å². The zero-order valence-electron chi connectivity index (χ0n) is 15.4. The van der Waals surface area contributed by atoms with E-state index < -0.39 is 0 Å². The van der Waals surface area contributed by atoms with E-state index >= 15 is 0 Å². The van der Waals surface area contributed by atoms with Crippen LogP contribution in [0.4, 0.5) is 0 Å². The van der Waals surface area contributed by atoms with Gasteiger partial charge in [-0.1, -0.05) is 65.9 Å². The number of rotatable bonds is 7. The zero-order chi connectivity index (χ0) is 20.8. The van der Waals surface area contributed by atoms with Crippen LogP contribution in [0.2, 0.25) is 5.02 Å². The minimum Gasteiger partial charge on any atom is -0.508 e. The second-order valence-electron chi connectivity index (χ2n) is 6.37. The van der Waals surface area contributed by atoms with Crippen LogP contribution in [0, 0.1) is 0 Å². The van der Waals surface area contributed by atoms with Crippen LogP contribution in [0.15, 0.2) is 53.4 Å². The predicted molar refractivity (Wildman–Crippen MR) is 121 cm³/mol. The quantitative estimate of drug-likeness (QED) is 0.497. The lowest BCUT2D eigenvalue weighted by molar-refractivity contribution is -0.123. The van der Waals surface area contributed by atoms with Gasteiger partial charge in [0.25, 0.3) is 5.91 Å². The summed E-state index contributed by atoms with van der Waals surface area (Å²) in [6.07, 6.45) is 2.55. The van der Waals surface area contributed by atoms with Gasteiger partial charge in [-0.05, 0) is 41.8 Å². The highest BCUT2D eigenvalue weighted by Gasteiger charge is 2.32. The Labute approximate surface area is 183 Å². The SMILES string of the molecule is O=C(CCN1C(=O)C(=Cc2ccccc2Cl)SC1=S)NCCc1ccc(O)cc1. The largest absolute Gasteiger partial charge is 0.508 e. The molecule has 1 fully saturated rings. The van der Waals surface area contributed by atoms with Crippen LogP contribution in [0.3, 0.4) is 0 Å². The van der Waals surface area contributed by atoms with Gasteiger partial charge in [0.1, 0.15) is 10.1 Å². The molecule has 0 aliphatic carbocycles. The molecule has 2 N–H and O–H groups in total. The normalized spacial score (nSPS) is 15.2. The van der Waals surface area contributed by atoms with Crippen LogP contribution in [0.5, 0.6) is 5.75 Å². The summed E-state index contributed by atoms with van der Waals surface area (Å²) in [5, 5.41) is 12.7. The maximum atomic E-state index is 12.6. The number of aromatic hydroxyl groups is 1. The van der Waals surface area contributed by atoms with Gasteiger partial charge in [0.15, 0.2) is 0 Å². The summed E-state index contributed by atoms with van der Waals surface area (Å²) in [5.41, 5.74) is 1.77. The molecular weight excluding hydrogens is 428 g/mol. The number of amides is 2. The highest BCUT2D eigenvalue weighted by molar-refractivity contribution is 8.26. The van der Waals surface area contributed by atoms with Crippen LogP contribution in [-0.2, 0) is 16.0 Å². The summed E-state index contributed by atoms with van der Waals surface area (Å²) in [6.45, 7) is 0.712. The number of phenolic OH excluding ortho intramolecular Hbond substituents is 1. The van der Waals surface area contributed by atoms with Gasteiger partial charge < -0.3 is 10.4 Å². The van der Waals surface area contributed by atoms with Gasteiger partial charge in [-0.2, -0.15) is 0 Å². The second-order valence-corrected chi connectivity index (χ2v) is 8.45. The molecule has 1 aliphatic heterocycles. The fraction of sp³-hybridized carbons (Fsp3) is 0.190. The molecule has 2 aromatic rings. The molecule has 29 heavy (non-hydrogen) atoms. The summed E-state index contributed by atoms with van der Waals surface area (Å²) in [5.74, 6) is -0.144. The Morgan fingerprint density at radius 1 is 1.21 bits per heavy atom. The molecule has 5 nitrogen and oxygen atoms in total. The van der Waals surface area contributed by atoms with Crippen molar-refractivity contribution in [2.75, 3.05) is 13.1 Å². The van der Waals surface area contributed by atoms with Gasteiger partial charge in [-0.25, -0.2) is 0 Å². The van der Waals surface area contributed by atoms with Crippen molar-refractivity contribution in [1.82, 2.24) is 10.2 Å². The molecule has 150 valence electrons. The van der Waals surface area contributed by atoms with Gasteiger partial charge in [-0.3, -0.25) is 14.5 Å². The van der Waals surface area contributed by atoms with Gasteiger partial charge in [0, 0.05) is 24.5 Å². The molecule has 0 bridgehead atoms. The Morgan fingerprint density at radius 3 is 2.66 bits per heavy atom. The number of halogens is 1. The monoisotopic (exact) mass is 446 g/mol. The molecule has 1 aliphatic rings. The smallest absolute Gasteiger partial charge is 0.266 e. The highest BCUT2D eigenvalue weighted by Crippen LogP contribution is 2.33. The van der Waals surface area contributed by atoms with Crippen molar-refractivity contribution in [3.63, 3.8) is 0 Å². The van der Waals surface area contributed by atoms with Gasteiger partial charge in [0.05, 0.1) is 4.91 Å². The first-order chi connectivity index (χ1) is 13.9. The number of benzene rings is 2. The van der Waals surface area contributed by atoms with Crippen molar-refractivity contribution in [3.05, 3.63) is 69.6 Å². The van der Waals surface area contributed by atoms with Crippen molar-refractivity contribution in [1.29, 1.82) is 0 Å². The first kappa shape index (κ1) is 21.4. The molecule has 2 aromatic carbocycles. The molecule has 0 unspecified atom stereocenters. The number of phenols is 1. The van der Waals surface area contributed by atoms with Gasteiger partial charge in [0.2, 0.25) is 5.91 Å². The maximum absolute atomic E-state index is 12.6. The number of carbonyl (C=O) groups is 2. The summed E-state index contributed by atoms with van der Waals surface area (Å²) in [4.78, 5) is 26.7. The topological polar surface area (TPSA) is 69.6 Å². The first-order valence-corrected chi connectivity index (χ1v) is 10.6. The third-order valence-electron chi connectivity index (χ3n) is 4.30. The first-order valence-electron chi connectivity index (χ1n) is 8.98. The summed E-state index contributed by atoms with van der Waals surface area (Å²) >= 11 is 12.7. The number of hydrogen-bond acceptors (Lipinski definition) is 5. The Bertz CT molecular complexity index is 961. The maximum Gasteiger partial charge on any atom is 0.266 e. The van der Waals surface area contributed by atoms with E-state index in [9.17, 15) is 14.7 Å². The lowest BCUT2D eigenvalue weighted by Gasteiger charge is -2.14. The third-order valence-corrected chi connectivity index (χ3v) is 6.02. The van der Waals surface area contributed by atoms with E-state index in [-0.39, 0.29) is 30.5 Å². The van der Waals surface area contributed by atoms with E-state index in [1.807, 2.05) is 30.3 Å². The fourth-order valence-corrected chi connectivity index (χ4v) is 4.23. The number of nitrogens with zero attached hydrogens (tertiary/aromatic N) is 1. The average Bonchev–Trinajstić information content (AvgIpc) is 2.96. The van der Waals surface area contributed by atoms with E-state index in [4.69, 9.17) is 23.8 Å². The predicted octanol–water partition coefficient (Wildman–Crippen LogP) is 4.00. The van der Waals surface area contributed by atoms with Crippen LogP contribution in [0.1, 0.15) is 17.5 Å². The molecule has 3 rings (SSSR count). The molecule has 2 amide bonds. The van der Waals surface area contributed by atoms with Crippen LogP contribution >= 0.6 is 35.6 Å². The molecular formula is C21H19ClN2O3S2. The highest BCUT2D eigenvalue weighted by atomic mass is 35.5. The van der Waals surface area contributed by atoms with Gasteiger partial charge >= 0.3 is 0 Å². The minimum atomic E-state index is -0.211. The molecule has 0 saturated carbocycles. The van der Waals surface area contributed by atoms with Crippen molar-refractivity contribution in [2.45, 2.75) is 12.8 Å². The summed E-state index contributed by atoms with van der Waals surface area (Å²) in [6, 6.07) is 14.1. The van der Waals surface area contributed by atoms with E-state index in [1.165, 1.54) is 16.7 Å². The molecule has 0 atom stereocenters. The number of carbonyl (C=O) groups excluding carboxylic acids is 2. The van der Waals surface area contributed by atoms with Crippen molar-refractivity contribution in [3.8, 4) is 5.75 Å². The van der Waals surface area contributed by atoms with Crippen molar-refractivity contribution >= 4 is 57.8 Å². The molecule has 1 heterocycles. The number of nitrogens with one attached hydrogen (secondary N) is 1. The third kappa shape index (κ3) is 5.82. The van der Waals surface area contributed by atoms with E-state index in [2.05, 4.69) is 5.32 Å². The molecule has 8 heteroatoms. The van der Waals surface area contributed by atoms with E-state index in [1.54, 1.807) is 24.3 Å². The molecule has 1 saturated heterocycles. The number of hydrogen-bond donors (Lipinski definition) is 2. The lowest BCUT2D eigenvalue weighted by atomic mass is 10.1. The zero-order valence-corrected chi connectivity index (χ0v) is 17.8. The fourth-order valence-electron chi connectivity index (χ4n) is 2.74. The van der Waals surface area contributed by atoms with E-state index in [0.717, 1.165) is 11.1 Å². The lowest BCUT2D eigenvalue weighted by Crippen LogP contribution is -2.34. The van der Waals surface area contributed by atoms with Crippen molar-refractivity contribution in [2.24, 2.45) is 0 Å².